The number of benzene rings is 1. The van der Waals surface area contributed by atoms with Crippen molar-refractivity contribution in [3.8, 4) is 0 Å². The van der Waals surface area contributed by atoms with E-state index in [2.05, 4.69) is 53.1 Å². The SMILES string of the molecule is C[C@H](C(=O)OCC(=O)Nc1ccc(Br)c(Cl)c1)N1C(=O)[C@@H]2[C@H]3C[C@@H]([C@H](Br)[C@H]3Br)[C@H]2C1=O. The van der Waals surface area contributed by atoms with Gasteiger partial charge in [-0.15, -0.1) is 0 Å². The number of carbonyl (C=O) groups is 4. The lowest BCUT2D eigenvalue weighted by molar-refractivity contribution is -0.159. The fourth-order valence-corrected chi connectivity index (χ4v) is 7.19. The second kappa shape index (κ2) is 8.76. The van der Waals surface area contributed by atoms with Crippen LogP contribution < -0.4 is 5.32 Å². The number of nitrogens with one attached hydrogen (secondary N) is 1. The van der Waals surface area contributed by atoms with Crippen LogP contribution in [-0.2, 0) is 23.9 Å². The second-order valence-electron chi connectivity index (χ2n) is 8.01. The smallest absolute Gasteiger partial charge is 0.329 e. The van der Waals surface area contributed by atoms with Crippen LogP contribution in [0.4, 0.5) is 5.69 Å². The van der Waals surface area contributed by atoms with Crippen molar-refractivity contribution in [2.45, 2.75) is 29.0 Å². The largest absolute Gasteiger partial charge is 0.454 e. The first kappa shape index (κ1) is 23.2. The van der Waals surface area contributed by atoms with Gasteiger partial charge in [-0.05, 0) is 59.3 Å². The predicted molar refractivity (Wildman–Crippen MR) is 124 cm³/mol. The van der Waals surface area contributed by atoms with E-state index in [0.717, 1.165) is 11.3 Å². The Labute approximate surface area is 208 Å². The number of hydrogen-bond donors (Lipinski definition) is 1. The zero-order valence-corrected chi connectivity index (χ0v) is 21.7. The van der Waals surface area contributed by atoms with Crippen LogP contribution in [0.2, 0.25) is 5.02 Å². The molecule has 1 aromatic rings. The lowest BCUT2D eigenvalue weighted by Crippen LogP contribution is -2.45. The number of esters is 1. The van der Waals surface area contributed by atoms with Crippen LogP contribution in [0.5, 0.6) is 0 Å². The molecule has 0 unspecified atom stereocenters. The van der Waals surface area contributed by atoms with Crippen LogP contribution >= 0.6 is 59.4 Å². The molecule has 7 nitrogen and oxygen atoms in total. The van der Waals surface area contributed by atoms with E-state index in [1.165, 1.54) is 6.92 Å². The molecule has 31 heavy (non-hydrogen) atoms. The second-order valence-corrected chi connectivity index (χ2v) is 11.4. The van der Waals surface area contributed by atoms with Crippen molar-refractivity contribution in [2.24, 2.45) is 23.7 Å². The Balaban J connectivity index is 1.36. The Morgan fingerprint density at radius 1 is 1.19 bits per heavy atom. The minimum Gasteiger partial charge on any atom is -0.454 e. The molecule has 166 valence electrons. The summed E-state index contributed by atoms with van der Waals surface area (Å²) in [6.45, 7) is 0.906. The number of nitrogens with zero attached hydrogens (tertiary/aromatic N) is 1. The zero-order chi connectivity index (χ0) is 22.6. The first-order valence-electron chi connectivity index (χ1n) is 9.68. The lowest BCUT2D eigenvalue weighted by atomic mass is 9.81. The summed E-state index contributed by atoms with van der Waals surface area (Å²) in [4.78, 5) is 51.9. The topological polar surface area (TPSA) is 92.8 Å². The molecule has 0 radical (unpaired) electrons. The van der Waals surface area contributed by atoms with Crippen LogP contribution in [0.15, 0.2) is 22.7 Å². The van der Waals surface area contributed by atoms with Gasteiger partial charge in [0, 0.05) is 19.8 Å². The Bertz CT molecular complexity index is 944. The molecule has 1 heterocycles. The van der Waals surface area contributed by atoms with Crippen LogP contribution in [0, 0.1) is 23.7 Å². The highest BCUT2D eigenvalue weighted by Gasteiger charge is 2.67. The molecule has 2 bridgehead atoms. The van der Waals surface area contributed by atoms with Crippen molar-refractivity contribution in [3.05, 3.63) is 27.7 Å². The van der Waals surface area contributed by atoms with E-state index in [4.69, 9.17) is 16.3 Å². The summed E-state index contributed by atoms with van der Waals surface area (Å²) in [5, 5.41) is 3.00. The number of likely N-dealkylation sites (tertiary alicyclic amines) is 1. The number of rotatable bonds is 5. The van der Waals surface area contributed by atoms with Gasteiger partial charge in [-0.1, -0.05) is 43.5 Å². The Morgan fingerprint density at radius 2 is 1.77 bits per heavy atom. The number of carbonyl (C=O) groups excluding carboxylic acids is 4. The summed E-state index contributed by atoms with van der Waals surface area (Å²) in [6, 6.07) is 3.77. The molecule has 2 aliphatic carbocycles. The summed E-state index contributed by atoms with van der Waals surface area (Å²) in [5.74, 6) is -2.71. The van der Waals surface area contributed by atoms with E-state index in [-0.39, 0.29) is 33.3 Å². The summed E-state index contributed by atoms with van der Waals surface area (Å²) >= 11 is 16.5. The van der Waals surface area contributed by atoms with Gasteiger partial charge >= 0.3 is 5.97 Å². The highest BCUT2D eigenvalue weighted by Crippen LogP contribution is 2.60. The predicted octanol–water partition coefficient (Wildman–Crippen LogP) is 3.75. The molecule has 4 rings (SSSR count). The first-order chi connectivity index (χ1) is 14.6. The molecule has 7 atom stereocenters. The van der Waals surface area contributed by atoms with Crippen LogP contribution in [0.25, 0.3) is 0 Å². The van der Waals surface area contributed by atoms with Gasteiger partial charge in [-0.3, -0.25) is 19.3 Å². The van der Waals surface area contributed by atoms with E-state index in [0.29, 0.717) is 15.2 Å². The molecule has 3 amide bonds. The Kier molecular flexibility index (Phi) is 6.55. The van der Waals surface area contributed by atoms with Crippen molar-refractivity contribution < 1.29 is 23.9 Å². The summed E-state index contributed by atoms with van der Waals surface area (Å²) in [6.07, 6.45) is 0.811. The van der Waals surface area contributed by atoms with E-state index >= 15 is 0 Å². The average molecular weight is 642 g/mol. The van der Waals surface area contributed by atoms with Crippen molar-refractivity contribution in [1.29, 1.82) is 0 Å². The molecule has 0 aromatic heterocycles. The van der Waals surface area contributed by atoms with Gasteiger partial charge in [0.25, 0.3) is 5.91 Å². The summed E-state index contributed by atoms with van der Waals surface area (Å²) in [5.41, 5.74) is 0.448. The van der Waals surface area contributed by atoms with E-state index in [9.17, 15) is 19.2 Å². The number of ether oxygens (including phenoxy) is 1. The maximum Gasteiger partial charge on any atom is 0.329 e. The third-order valence-electron chi connectivity index (χ3n) is 6.30. The molecular formula is C20H18Br3ClN2O5. The maximum atomic E-state index is 13.0. The summed E-state index contributed by atoms with van der Waals surface area (Å²) < 4.78 is 5.76. The number of amides is 3. The van der Waals surface area contributed by atoms with Gasteiger partial charge in [-0.25, -0.2) is 4.79 Å². The van der Waals surface area contributed by atoms with E-state index in [1.807, 2.05) is 0 Å². The molecule has 3 aliphatic rings. The average Bonchev–Trinajstić information content (AvgIpc) is 3.33. The minimum atomic E-state index is -1.09. The van der Waals surface area contributed by atoms with Crippen molar-refractivity contribution in [3.63, 3.8) is 0 Å². The normalized spacial score (nSPS) is 32.2. The van der Waals surface area contributed by atoms with Crippen LogP contribution in [0.3, 0.4) is 0 Å². The highest BCUT2D eigenvalue weighted by molar-refractivity contribution is 9.12. The van der Waals surface area contributed by atoms with Crippen molar-refractivity contribution in [2.75, 3.05) is 11.9 Å². The lowest BCUT2D eigenvalue weighted by Gasteiger charge is -2.28. The third-order valence-corrected chi connectivity index (χ3v) is 10.7. The number of alkyl halides is 2. The zero-order valence-electron chi connectivity index (χ0n) is 16.2. The van der Waals surface area contributed by atoms with Crippen molar-refractivity contribution >= 4 is 88.8 Å². The number of hydrogen-bond acceptors (Lipinski definition) is 5. The summed E-state index contributed by atoms with van der Waals surface area (Å²) in [7, 11) is 0. The number of anilines is 1. The van der Waals surface area contributed by atoms with E-state index in [1.54, 1.807) is 18.2 Å². The number of imide groups is 1. The van der Waals surface area contributed by atoms with Gasteiger partial charge < -0.3 is 10.1 Å². The van der Waals surface area contributed by atoms with Crippen molar-refractivity contribution in [1.82, 2.24) is 4.90 Å². The van der Waals surface area contributed by atoms with Crippen LogP contribution in [0.1, 0.15) is 13.3 Å². The molecule has 1 N–H and O–H groups in total. The number of fused-ring (bicyclic) bond motifs is 5. The third kappa shape index (κ3) is 3.98. The molecule has 3 fully saturated rings. The fraction of sp³-hybridized carbons (Fsp3) is 0.500. The number of halogens is 4. The molecule has 2 saturated carbocycles. The maximum absolute atomic E-state index is 13.0. The Morgan fingerprint density at radius 3 is 2.32 bits per heavy atom. The minimum absolute atomic E-state index is 0.0626. The molecular weight excluding hydrogens is 623 g/mol. The van der Waals surface area contributed by atoms with Gasteiger partial charge in [0.15, 0.2) is 6.61 Å². The monoisotopic (exact) mass is 638 g/mol. The standard InChI is InChI=1S/C20H18Br3ClN2O5/c1-7(20(30)31-6-13(27)25-8-2-3-11(21)12(24)4-8)26-18(28)14-9-5-10(15(14)19(26)29)17(23)16(9)22/h2-4,7,9-10,14-17H,5-6H2,1H3,(H,25,27)/t7-,9-,10-,14-,15-,16+,17+/m1/s1. The fourth-order valence-electron chi connectivity index (χ4n) is 4.89. The quantitative estimate of drug-likeness (QED) is 0.301. The first-order valence-corrected chi connectivity index (χ1v) is 12.7. The van der Waals surface area contributed by atoms with Gasteiger partial charge in [0.2, 0.25) is 11.8 Å². The van der Waals surface area contributed by atoms with Gasteiger partial charge in [0.05, 0.1) is 16.9 Å². The molecule has 1 aromatic carbocycles. The van der Waals surface area contributed by atoms with Gasteiger partial charge in [0.1, 0.15) is 6.04 Å². The van der Waals surface area contributed by atoms with Crippen LogP contribution in [-0.4, -0.2) is 50.9 Å². The van der Waals surface area contributed by atoms with Gasteiger partial charge in [-0.2, -0.15) is 0 Å². The molecule has 1 saturated heterocycles. The molecule has 0 spiro atoms. The Hall–Kier alpha value is -0.970. The highest BCUT2D eigenvalue weighted by atomic mass is 79.9. The van der Waals surface area contributed by atoms with E-state index < -0.39 is 36.4 Å². The molecule has 1 aliphatic heterocycles. The molecule has 11 heteroatoms.